The molecule has 0 bridgehead atoms. The number of fused-ring (bicyclic) bond motifs is 1. The fraction of sp³-hybridized carbons (Fsp3) is 0.148. The van der Waals surface area contributed by atoms with Gasteiger partial charge in [-0.3, -0.25) is 14.8 Å². The van der Waals surface area contributed by atoms with Crippen LogP contribution in [0.15, 0.2) is 84.9 Å². The molecule has 0 aliphatic rings. The Labute approximate surface area is 197 Å². The lowest BCUT2D eigenvalue weighted by Crippen LogP contribution is -2.27. The van der Waals surface area contributed by atoms with Gasteiger partial charge in [0.15, 0.2) is 0 Å². The molecule has 0 radical (unpaired) electrons. The summed E-state index contributed by atoms with van der Waals surface area (Å²) in [5, 5.41) is 12.1. The van der Waals surface area contributed by atoms with Gasteiger partial charge in [-0.25, -0.2) is 10.5 Å². The van der Waals surface area contributed by atoms with E-state index in [4.69, 9.17) is 9.94 Å². The van der Waals surface area contributed by atoms with Crippen molar-refractivity contribution < 1.29 is 19.5 Å². The van der Waals surface area contributed by atoms with E-state index in [1.54, 1.807) is 11.5 Å². The zero-order valence-electron chi connectivity index (χ0n) is 18.5. The third-order valence-electron chi connectivity index (χ3n) is 5.36. The van der Waals surface area contributed by atoms with Gasteiger partial charge in [-0.2, -0.15) is 0 Å². The van der Waals surface area contributed by atoms with Crippen LogP contribution in [-0.2, 0) is 11.4 Å². The maximum absolute atomic E-state index is 12.5. The molecule has 4 rings (SSSR count). The highest BCUT2D eigenvalue weighted by atomic mass is 16.5. The lowest BCUT2D eigenvalue weighted by Gasteiger charge is -2.11. The fourth-order valence-electron chi connectivity index (χ4n) is 3.55. The number of hydrogen-bond acceptors (Lipinski definition) is 5. The zero-order chi connectivity index (χ0) is 23.8. The smallest absolute Gasteiger partial charge is 0.269 e. The highest BCUT2D eigenvalue weighted by molar-refractivity contribution is 5.96. The second kappa shape index (κ2) is 11.1. The number of para-hydroxylation sites is 1. The van der Waals surface area contributed by atoms with Crippen LogP contribution in [-0.4, -0.2) is 28.6 Å². The van der Waals surface area contributed by atoms with E-state index in [9.17, 15) is 9.59 Å². The van der Waals surface area contributed by atoms with E-state index in [0.717, 1.165) is 22.1 Å². The van der Waals surface area contributed by atoms with Gasteiger partial charge in [-0.1, -0.05) is 72.8 Å². The second-order valence-corrected chi connectivity index (χ2v) is 7.77. The number of ether oxygens (including phenoxy) is 1. The van der Waals surface area contributed by atoms with E-state index in [1.807, 2.05) is 54.6 Å². The number of amides is 2. The van der Waals surface area contributed by atoms with Crippen LogP contribution in [0.5, 0.6) is 5.75 Å². The van der Waals surface area contributed by atoms with Gasteiger partial charge in [0.1, 0.15) is 23.6 Å². The predicted octanol–water partition coefficient (Wildman–Crippen LogP) is 4.50. The lowest BCUT2D eigenvalue weighted by molar-refractivity contribution is -0.129. The second-order valence-electron chi connectivity index (χ2n) is 7.77. The number of hydroxylamine groups is 1. The molecule has 1 aromatic heterocycles. The molecule has 7 nitrogen and oxygen atoms in total. The molecule has 1 heterocycles. The Morgan fingerprint density at radius 1 is 0.853 bits per heavy atom. The van der Waals surface area contributed by atoms with Crippen molar-refractivity contribution in [3.05, 3.63) is 96.2 Å². The van der Waals surface area contributed by atoms with Gasteiger partial charge in [-0.15, -0.1) is 0 Å². The molecule has 4 aromatic rings. The number of nitrogens with one attached hydrogen (secondary N) is 2. The molecule has 0 aliphatic carbocycles. The number of hydrogen-bond donors (Lipinski definition) is 3. The molecule has 0 atom stereocenters. The van der Waals surface area contributed by atoms with Gasteiger partial charge >= 0.3 is 0 Å². The summed E-state index contributed by atoms with van der Waals surface area (Å²) in [5.74, 6) is -0.230. The molecular formula is C27H25N3O4. The van der Waals surface area contributed by atoms with Crippen molar-refractivity contribution in [2.45, 2.75) is 19.4 Å². The highest BCUT2D eigenvalue weighted by Crippen LogP contribution is 2.26. The van der Waals surface area contributed by atoms with Gasteiger partial charge in [0.2, 0.25) is 5.91 Å². The topological polar surface area (TPSA) is 101 Å². The summed E-state index contributed by atoms with van der Waals surface area (Å²) in [6, 6.07) is 27.5. The predicted molar refractivity (Wildman–Crippen MR) is 129 cm³/mol. The third kappa shape index (κ3) is 5.76. The maximum atomic E-state index is 12.5. The van der Waals surface area contributed by atoms with Gasteiger partial charge in [-0.05, 0) is 35.2 Å². The Kier molecular flexibility index (Phi) is 7.47. The molecular weight excluding hydrogens is 430 g/mol. The first-order valence-corrected chi connectivity index (χ1v) is 11.0. The Morgan fingerprint density at radius 2 is 1.62 bits per heavy atom. The van der Waals surface area contributed by atoms with E-state index in [2.05, 4.69) is 34.6 Å². The van der Waals surface area contributed by atoms with E-state index < -0.39 is 5.91 Å². The van der Waals surface area contributed by atoms with Crippen molar-refractivity contribution in [2.24, 2.45) is 0 Å². The standard InChI is InChI=1S/C27H25N3O4/c31-25(30-33)10-5-17-28-27(32)23-16-15-22-8-4-9-24(26(22)29-23)34-18-19-11-13-21(14-12-19)20-6-2-1-3-7-20/h1-4,6-9,11-16,33H,5,10,17-18H2,(H,28,32)(H,30,31). The van der Waals surface area contributed by atoms with Crippen LogP contribution < -0.4 is 15.5 Å². The van der Waals surface area contributed by atoms with Crippen LogP contribution in [0.4, 0.5) is 0 Å². The van der Waals surface area contributed by atoms with E-state index >= 15 is 0 Å². The van der Waals surface area contributed by atoms with Gasteiger partial charge in [0, 0.05) is 18.4 Å². The van der Waals surface area contributed by atoms with Crippen LogP contribution in [0.3, 0.4) is 0 Å². The minimum Gasteiger partial charge on any atom is -0.487 e. The summed E-state index contributed by atoms with van der Waals surface area (Å²) in [5.41, 5.74) is 5.77. The summed E-state index contributed by atoms with van der Waals surface area (Å²) in [7, 11) is 0. The number of carbonyl (C=O) groups is 2. The average molecular weight is 456 g/mol. The molecule has 34 heavy (non-hydrogen) atoms. The zero-order valence-corrected chi connectivity index (χ0v) is 18.5. The Bertz CT molecular complexity index is 1270. The highest BCUT2D eigenvalue weighted by Gasteiger charge is 2.11. The minimum absolute atomic E-state index is 0.117. The molecule has 3 N–H and O–H groups in total. The number of carbonyl (C=O) groups excluding carboxylic acids is 2. The van der Waals surface area contributed by atoms with E-state index in [0.29, 0.717) is 30.8 Å². The molecule has 3 aromatic carbocycles. The van der Waals surface area contributed by atoms with Crippen LogP contribution in [0, 0.1) is 0 Å². The number of rotatable bonds is 9. The van der Waals surface area contributed by atoms with Gasteiger partial charge < -0.3 is 10.1 Å². The maximum Gasteiger partial charge on any atom is 0.269 e. The molecule has 0 unspecified atom stereocenters. The summed E-state index contributed by atoms with van der Waals surface area (Å²) in [6.07, 6.45) is 0.523. The van der Waals surface area contributed by atoms with Crippen molar-refractivity contribution in [1.29, 1.82) is 0 Å². The Balaban J connectivity index is 1.42. The average Bonchev–Trinajstić information content (AvgIpc) is 2.90. The molecule has 0 fully saturated rings. The van der Waals surface area contributed by atoms with Gasteiger partial charge in [0.05, 0.1) is 0 Å². The van der Waals surface area contributed by atoms with Crippen molar-refractivity contribution >= 4 is 22.7 Å². The van der Waals surface area contributed by atoms with Crippen LogP contribution in [0.2, 0.25) is 0 Å². The van der Waals surface area contributed by atoms with E-state index in [1.165, 1.54) is 0 Å². The summed E-state index contributed by atoms with van der Waals surface area (Å²) >= 11 is 0. The van der Waals surface area contributed by atoms with E-state index in [-0.39, 0.29) is 18.0 Å². The molecule has 0 aliphatic heterocycles. The van der Waals surface area contributed by atoms with Crippen molar-refractivity contribution in [3.63, 3.8) is 0 Å². The third-order valence-corrected chi connectivity index (χ3v) is 5.36. The SMILES string of the molecule is O=C(CCCNC(=O)c1ccc2cccc(OCc3ccc(-c4ccccc4)cc3)c2n1)NO. The summed E-state index contributed by atoms with van der Waals surface area (Å²) in [4.78, 5) is 28.0. The van der Waals surface area contributed by atoms with Crippen LogP contribution >= 0.6 is 0 Å². The van der Waals surface area contributed by atoms with Crippen molar-refractivity contribution in [1.82, 2.24) is 15.8 Å². The first kappa shape index (κ1) is 22.9. The monoisotopic (exact) mass is 455 g/mol. The number of benzene rings is 3. The molecule has 0 saturated heterocycles. The number of pyridine rings is 1. The Morgan fingerprint density at radius 3 is 2.38 bits per heavy atom. The van der Waals surface area contributed by atoms with Gasteiger partial charge in [0.25, 0.3) is 5.91 Å². The first-order chi connectivity index (χ1) is 16.6. The lowest BCUT2D eigenvalue weighted by atomic mass is 10.0. The molecule has 172 valence electrons. The fourth-order valence-corrected chi connectivity index (χ4v) is 3.55. The largest absolute Gasteiger partial charge is 0.487 e. The summed E-state index contributed by atoms with van der Waals surface area (Å²) < 4.78 is 6.06. The van der Waals surface area contributed by atoms with Crippen LogP contribution in [0.25, 0.3) is 22.0 Å². The first-order valence-electron chi connectivity index (χ1n) is 11.0. The molecule has 7 heteroatoms. The van der Waals surface area contributed by atoms with Crippen molar-refractivity contribution in [2.75, 3.05) is 6.54 Å². The quantitative estimate of drug-likeness (QED) is 0.196. The molecule has 0 saturated carbocycles. The number of aromatic nitrogens is 1. The van der Waals surface area contributed by atoms with Crippen molar-refractivity contribution in [3.8, 4) is 16.9 Å². The minimum atomic E-state index is -0.491. The normalized spacial score (nSPS) is 10.6. The Hall–Kier alpha value is -4.23. The van der Waals surface area contributed by atoms with Crippen LogP contribution in [0.1, 0.15) is 28.9 Å². The summed E-state index contributed by atoms with van der Waals surface area (Å²) in [6.45, 7) is 0.669. The molecule has 0 spiro atoms. The molecule has 2 amide bonds. The number of nitrogens with zero attached hydrogens (tertiary/aromatic N) is 1.